The second kappa shape index (κ2) is 10.3. The zero-order chi connectivity index (χ0) is 15.4. The summed E-state index contributed by atoms with van der Waals surface area (Å²) in [4.78, 5) is 26.1. The zero-order valence-corrected chi connectivity index (χ0v) is 15.5. The Labute approximate surface area is 151 Å². The molecular weight excluding hydrogens is 339 g/mol. The minimum Gasteiger partial charge on any atom is -0.352 e. The molecule has 2 amide bonds. The number of nitrogens with two attached hydrogens (primary N) is 1. The maximum Gasteiger partial charge on any atom is 0.239 e. The largest absolute Gasteiger partial charge is 0.352 e. The van der Waals surface area contributed by atoms with E-state index in [0.717, 1.165) is 19.4 Å². The van der Waals surface area contributed by atoms with Gasteiger partial charge in [-0.1, -0.05) is 13.8 Å². The van der Waals surface area contributed by atoms with E-state index in [2.05, 4.69) is 15.5 Å². The number of nitrogens with zero attached hydrogens (tertiary/aromatic N) is 1. The molecule has 136 valence electrons. The molecule has 0 aromatic heterocycles. The van der Waals surface area contributed by atoms with Crippen LogP contribution in [0.15, 0.2) is 0 Å². The summed E-state index contributed by atoms with van der Waals surface area (Å²) in [6.45, 7) is 6.07. The Bertz CT molecular complexity index is 396. The van der Waals surface area contributed by atoms with Crippen LogP contribution in [0.2, 0.25) is 0 Å². The third kappa shape index (κ3) is 6.45. The maximum atomic E-state index is 11.9. The molecule has 0 aromatic carbocycles. The summed E-state index contributed by atoms with van der Waals surface area (Å²) in [5, 5.41) is 5.65. The molecular formula is C15H30Cl2N4O2. The third-order valence-electron chi connectivity index (χ3n) is 4.63. The van der Waals surface area contributed by atoms with Gasteiger partial charge in [-0.25, -0.2) is 0 Å². The number of carbonyl (C=O) groups is 2. The van der Waals surface area contributed by atoms with Crippen LogP contribution >= 0.6 is 24.8 Å². The average Bonchev–Trinajstić information content (AvgIpc) is 2.91. The zero-order valence-electron chi connectivity index (χ0n) is 13.9. The van der Waals surface area contributed by atoms with E-state index in [1.54, 1.807) is 0 Å². The standard InChI is InChI=1S/C15H28N4O2.2ClH/c1-10(2)14(16)15(21)17-9-13(20)18-11-5-7-19-6-3-4-12(19)8-11;;/h10-12,14H,3-9,16H2,1-2H3,(H,17,21)(H,18,20);2*1H/t11?,12?,14-;;/m0../s1. The fourth-order valence-electron chi connectivity index (χ4n) is 3.22. The van der Waals surface area contributed by atoms with Gasteiger partial charge >= 0.3 is 0 Å². The lowest BCUT2D eigenvalue weighted by Gasteiger charge is -2.35. The number of halogens is 2. The number of hydrogen-bond acceptors (Lipinski definition) is 4. The summed E-state index contributed by atoms with van der Waals surface area (Å²) in [6, 6.07) is 0.319. The molecule has 2 aliphatic rings. The molecule has 2 unspecified atom stereocenters. The Kier molecular flexibility index (Phi) is 10.1. The average molecular weight is 369 g/mol. The topological polar surface area (TPSA) is 87.5 Å². The molecule has 6 nitrogen and oxygen atoms in total. The summed E-state index contributed by atoms with van der Waals surface area (Å²) >= 11 is 0. The van der Waals surface area contributed by atoms with Crippen molar-refractivity contribution < 1.29 is 9.59 Å². The molecule has 2 fully saturated rings. The molecule has 3 atom stereocenters. The number of nitrogens with one attached hydrogen (secondary N) is 2. The van der Waals surface area contributed by atoms with E-state index in [9.17, 15) is 9.59 Å². The van der Waals surface area contributed by atoms with Crippen LogP contribution in [0.25, 0.3) is 0 Å². The highest BCUT2D eigenvalue weighted by molar-refractivity contribution is 5.87. The first-order valence-corrected chi connectivity index (χ1v) is 8.04. The molecule has 0 aromatic rings. The van der Waals surface area contributed by atoms with Crippen molar-refractivity contribution in [2.75, 3.05) is 19.6 Å². The van der Waals surface area contributed by atoms with Gasteiger partial charge in [0.05, 0.1) is 12.6 Å². The fourth-order valence-corrected chi connectivity index (χ4v) is 3.22. The monoisotopic (exact) mass is 368 g/mol. The molecule has 2 aliphatic heterocycles. The van der Waals surface area contributed by atoms with Gasteiger partial charge in [0.2, 0.25) is 11.8 Å². The van der Waals surface area contributed by atoms with Crippen molar-refractivity contribution in [1.82, 2.24) is 15.5 Å². The van der Waals surface area contributed by atoms with Gasteiger partial charge < -0.3 is 21.3 Å². The molecule has 0 bridgehead atoms. The van der Waals surface area contributed by atoms with Gasteiger partial charge in [-0.05, 0) is 38.1 Å². The first-order chi connectivity index (χ1) is 9.97. The molecule has 4 N–H and O–H groups in total. The van der Waals surface area contributed by atoms with Crippen LogP contribution in [0.1, 0.15) is 39.5 Å². The van der Waals surface area contributed by atoms with Crippen LogP contribution in [0.3, 0.4) is 0 Å². The minimum absolute atomic E-state index is 0. The fraction of sp³-hybridized carbons (Fsp3) is 0.867. The predicted octanol–water partition coefficient (Wildman–Crippen LogP) is 0.672. The van der Waals surface area contributed by atoms with Gasteiger partial charge in [0.25, 0.3) is 0 Å². The quantitative estimate of drug-likeness (QED) is 0.665. The van der Waals surface area contributed by atoms with Crippen molar-refractivity contribution in [1.29, 1.82) is 0 Å². The summed E-state index contributed by atoms with van der Waals surface area (Å²) in [5.74, 6) is -0.304. The van der Waals surface area contributed by atoms with Crippen LogP contribution in [0, 0.1) is 5.92 Å². The van der Waals surface area contributed by atoms with E-state index >= 15 is 0 Å². The Morgan fingerprint density at radius 1 is 1.22 bits per heavy atom. The van der Waals surface area contributed by atoms with Crippen LogP contribution in [-0.2, 0) is 9.59 Å². The Hall–Kier alpha value is -0.560. The number of amides is 2. The lowest BCUT2D eigenvalue weighted by molar-refractivity contribution is -0.127. The number of fused-ring (bicyclic) bond motifs is 1. The van der Waals surface area contributed by atoms with Crippen LogP contribution in [0.5, 0.6) is 0 Å². The molecule has 23 heavy (non-hydrogen) atoms. The van der Waals surface area contributed by atoms with E-state index in [1.165, 1.54) is 19.4 Å². The van der Waals surface area contributed by atoms with Gasteiger partial charge in [-0.3, -0.25) is 9.59 Å². The normalized spacial score (nSPS) is 24.9. The van der Waals surface area contributed by atoms with Crippen LogP contribution < -0.4 is 16.4 Å². The highest BCUT2D eigenvalue weighted by atomic mass is 35.5. The van der Waals surface area contributed by atoms with Crippen molar-refractivity contribution in [3.05, 3.63) is 0 Å². The van der Waals surface area contributed by atoms with E-state index in [0.29, 0.717) is 6.04 Å². The van der Waals surface area contributed by atoms with Crippen molar-refractivity contribution in [3.63, 3.8) is 0 Å². The predicted molar refractivity (Wildman–Crippen MR) is 96.1 cm³/mol. The second-order valence-corrected chi connectivity index (χ2v) is 6.61. The van der Waals surface area contributed by atoms with Crippen molar-refractivity contribution in [2.45, 2.75) is 57.7 Å². The lowest BCUT2D eigenvalue weighted by Crippen LogP contribution is -2.51. The van der Waals surface area contributed by atoms with Gasteiger partial charge in [-0.15, -0.1) is 24.8 Å². The van der Waals surface area contributed by atoms with E-state index in [-0.39, 0.29) is 55.1 Å². The number of rotatable bonds is 5. The maximum absolute atomic E-state index is 11.9. The van der Waals surface area contributed by atoms with Gasteiger partial charge in [0.15, 0.2) is 0 Å². The summed E-state index contributed by atoms with van der Waals surface area (Å²) in [7, 11) is 0. The van der Waals surface area contributed by atoms with E-state index < -0.39 is 6.04 Å². The lowest BCUT2D eigenvalue weighted by atomic mass is 9.97. The molecule has 2 rings (SSSR count). The molecule has 8 heteroatoms. The SMILES string of the molecule is CC(C)[C@H](N)C(=O)NCC(=O)NC1CCN2CCCC2C1.Cl.Cl. The number of hydrogen-bond donors (Lipinski definition) is 3. The second-order valence-electron chi connectivity index (χ2n) is 6.61. The first kappa shape index (κ1) is 22.4. The van der Waals surface area contributed by atoms with Gasteiger partial charge in [0.1, 0.15) is 0 Å². The molecule has 2 saturated heterocycles. The van der Waals surface area contributed by atoms with Crippen molar-refractivity contribution in [2.24, 2.45) is 11.7 Å². The van der Waals surface area contributed by atoms with Gasteiger partial charge in [0, 0.05) is 18.6 Å². The van der Waals surface area contributed by atoms with Crippen molar-refractivity contribution in [3.8, 4) is 0 Å². The molecule has 0 radical (unpaired) electrons. The number of piperidine rings is 1. The third-order valence-corrected chi connectivity index (χ3v) is 4.63. The minimum atomic E-state index is -0.556. The highest BCUT2D eigenvalue weighted by Crippen LogP contribution is 2.26. The van der Waals surface area contributed by atoms with E-state index in [4.69, 9.17) is 5.73 Å². The summed E-state index contributed by atoms with van der Waals surface area (Å²) in [6.07, 6.45) is 4.55. The number of carbonyl (C=O) groups excluding carboxylic acids is 2. The van der Waals surface area contributed by atoms with Crippen LogP contribution in [0.4, 0.5) is 0 Å². The molecule has 0 saturated carbocycles. The van der Waals surface area contributed by atoms with Crippen molar-refractivity contribution >= 4 is 36.6 Å². The molecule has 0 aliphatic carbocycles. The van der Waals surface area contributed by atoms with E-state index in [1.807, 2.05) is 13.8 Å². The first-order valence-electron chi connectivity index (χ1n) is 8.04. The smallest absolute Gasteiger partial charge is 0.239 e. The summed E-state index contributed by atoms with van der Waals surface area (Å²) in [5.41, 5.74) is 5.74. The Morgan fingerprint density at radius 3 is 2.57 bits per heavy atom. The van der Waals surface area contributed by atoms with Gasteiger partial charge in [-0.2, -0.15) is 0 Å². The molecule has 2 heterocycles. The summed E-state index contributed by atoms with van der Waals surface area (Å²) < 4.78 is 0. The highest BCUT2D eigenvalue weighted by Gasteiger charge is 2.32. The Balaban J connectivity index is 0.00000242. The van der Waals surface area contributed by atoms with Crippen LogP contribution in [-0.4, -0.2) is 54.5 Å². The molecule has 0 spiro atoms. The Morgan fingerprint density at radius 2 is 1.91 bits per heavy atom.